The lowest BCUT2D eigenvalue weighted by Crippen LogP contribution is -2.34. The van der Waals surface area contributed by atoms with Crippen molar-refractivity contribution in [2.24, 2.45) is 0 Å². The third-order valence-corrected chi connectivity index (χ3v) is 5.14. The van der Waals surface area contributed by atoms with Crippen LogP contribution in [0.25, 0.3) is 0 Å². The van der Waals surface area contributed by atoms with E-state index in [1.807, 2.05) is 0 Å². The summed E-state index contributed by atoms with van der Waals surface area (Å²) in [5, 5.41) is 0. The summed E-state index contributed by atoms with van der Waals surface area (Å²) in [5.74, 6) is 1.02. The fourth-order valence-electron chi connectivity index (χ4n) is 3.22. The first-order valence-corrected chi connectivity index (χ1v) is 10.8. The van der Waals surface area contributed by atoms with Crippen LogP contribution in [-0.2, 0) is 35.1 Å². The van der Waals surface area contributed by atoms with E-state index in [9.17, 15) is 8.42 Å². The summed E-state index contributed by atoms with van der Waals surface area (Å²) in [5.41, 5.74) is 0.577. The van der Waals surface area contributed by atoms with Gasteiger partial charge in [-0.2, -0.15) is 8.42 Å². The molecular weight excluding hydrogens is 360 g/mol. The van der Waals surface area contributed by atoms with Crippen molar-refractivity contribution < 1.29 is 26.8 Å². The van der Waals surface area contributed by atoms with Gasteiger partial charge in [0.05, 0.1) is 44.5 Å². The first-order valence-electron chi connectivity index (χ1n) is 8.97. The number of hydrogen-bond donors (Lipinski definition) is 0. The Kier molecular flexibility index (Phi) is 6.93. The predicted octanol–water partition coefficient (Wildman–Crippen LogP) is 1.41. The molecule has 1 saturated heterocycles. The zero-order valence-electron chi connectivity index (χ0n) is 15.0. The van der Waals surface area contributed by atoms with Gasteiger partial charge in [-0.1, -0.05) is 0 Å². The molecule has 2 aliphatic rings. The van der Waals surface area contributed by atoms with E-state index >= 15 is 0 Å². The highest BCUT2D eigenvalue weighted by atomic mass is 32.2. The Morgan fingerprint density at radius 1 is 1.23 bits per heavy atom. The second-order valence-corrected chi connectivity index (χ2v) is 8.39. The van der Waals surface area contributed by atoms with E-state index in [1.54, 1.807) is 12.3 Å². The monoisotopic (exact) mass is 386 g/mol. The van der Waals surface area contributed by atoms with Gasteiger partial charge in [0.1, 0.15) is 18.5 Å². The lowest BCUT2D eigenvalue weighted by molar-refractivity contribution is -0.128. The molecule has 1 aromatic heterocycles. The van der Waals surface area contributed by atoms with Crippen molar-refractivity contribution in [1.82, 2.24) is 9.97 Å². The maximum absolute atomic E-state index is 11.1. The maximum atomic E-state index is 11.1. The summed E-state index contributed by atoms with van der Waals surface area (Å²) in [4.78, 5) is 8.82. The van der Waals surface area contributed by atoms with Gasteiger partial charge in [-0.25, -0.2) is 9.97 Å². The molecule has 146 valence electrons. The summed E-state index contributed by atoms with van der Waals surface area (Å²) >= 11 is 0. The third-order valence-electron chi connectivity index (χ3n) is 4.59. The first-order chi connectivity index (χ1) is 12.5. The summed E-state index contributed by atoms with van der Waals surface area (Å²) in [7, 11) is -3.48. The molecule has 0 amide bonds. The molecule has 9 heteroatoms. The molecule has 0 bridgehead atoms. The van der Waals surface area contributed by atoms with Gasteiger partial charge in [-0.15, -0.1) is 0 Å². The SMILES string of the molecule is CS(=O)(=O)OCc1ccnc(C2CCC(OC[C@H]3COCCO3)CC2)n1. The topological polar surface area (TPSA) is 96.8 Å². The van der Waals surface area contributed by atoms with Crippen molar-refractivity contribution in [1.29, 1.82) is 0 Å². The average molecular weight is 386 g/mol. The first kappa shape index (κ1) is 19.6. The Morgan fingerprint density at radius 3 is 2.73 bits per heavy atom. The van der Waals surface area contributed by atoms with Crippen molar-refractivity contribution in [3.63, 3.8) is 0 Å². The maximum Gasteiger partial charge on any atom is 0.264 e. The van der Waals surface area contributed by atoms with Gasteiger partial charge in [0.15, 0.2) is 0 Å². The number of nitrogens with zero attached hydrogens (tertiary/aromatic N) is 2. The summed E-state index contributed by atoms with van der Waals surface area (Å²) in [6.45, 7) is 2.42. The minimum atomic E-state index is -3.48. The normalized spacial score (nSPS) is 27.3. The van der Waals surface area contributed by atoms with Crippen molar-refractivity contribution >= 4 is 10.1 Å². The second kappa shape index (κ2) is 9.18. The van der Waals surface area contributed by atoms with E-state index in [1.165, 1.54) is 0 Å². The molecule has 1 saturated carbocycles. The van der Waals surface area contributed by atoms with Crippen molar-refractivity contribution in [2.45, 2.75) is 50.4 Å². The molecule has 1 aromatic rings. The van der Waals surface area contributed by atoms with E-state index in [4.69, 9.17) is 18.4 Å². The standard InChI is InChI=1S/C17H26N2O6S/c1-26(20,21)25-10-14-6-7-18-17(19-14)13-2-4-15(5-3-13)24-12-16-11-22-8-9-23-16/h6-7,13,15-16H,2-5,8-12H2,1H3/t13?,15?,16-/m1/s1. The molecule has 0 spiro atoms. The lowest BCUT2D eigenvalue weighted by atomic mass is 9.86. The van der Waals surface area contributed by atoms with Crippen LogP contribution < -0.4 is 0 Å². The van der Waals surface area contributed by atoms with Crippen LogP contribution in [0.5, 0.6) is 0 Å². The predicted molar refractivity (Wildman–Crippen MR) is 93.2 cm³/mol. The smallest absolute Gasteiger partial charge is 0.264 e. The van der Waals surface area contributed by atoms with Crippen LogP contribution in [0.1, 0.15) is 43.1 Å². The molecule has 2 heterocycles. The van der Waals surface area contributed by atoms with Gasteiger partial charge in [0.25, 0.3) is 10.1 Å². The van der Waals surface area contributed by atoms with Gasteiger partial charge in [0.2, 0.25) is 0 Å². The number of hydrogen-bond acceptors (Lipinski definition) is 8. The van der Waals surface area contributed by atoms with Crippen LogP contribution in [-0.4, -0.2) is 63.3 Å². The highest BCUT2D eigenvalue weighted by Crippen LogP contribution is 2.32. The zero-order valence-corrected chi connectivity index (χ0v) is 15.8. The Morgan fingerprint density at radius 2 is 2.04 bits per heavy atom. The fraction of sp³-hybridized carbons (Fsp3) is 0.765. The molecule has 2 fully saturated rings. The van der Waals surface area contributed by atoms with Crippen molar-refractivity contribution in [2.75, 3.05) is 32.7 Å². The molecule has 26 heavy (non-hydrogen) atoms. The molecule has 0 radical (unpaired) electrons. The summed E-state index contributed by atoms with van der Waals surface area (Å²) in [6, 6.07) is 1.68. The molecule has 0 N–H and O–H groups in total. The van der Waals surface area contributed by atoms with Crippen LogP contribution in [0.3, 0.4) is 0 Å². The minimum absolute atomic E-state index is 0.0383. The van der Waals surface area contributed by atoms with E-state index in [-0.39, 0.29) is 24.7 Å². The number of ether oxygens (including phenoxy) is 3. The van der Waals surface area contributed by atoms with Gasteiger partial charge < -0.3 is 14.2 Å². The van der Waals surface area contributed by atoms with Crippen LogP contribution in [0.2, 0.25) is 0 Å². The van der Waals surface area contributed by atoms with Gasteiger partial charge in [0, 0.05) is 12.1 Å². The Hall–Kier alpha value is -1.13. The largest absolute Gasteiger partial charge is 0.376 e. The zero-order chi connectivity index (χ0) is 18.4. The Labute approximate surface area is 154 Å². The van der Waals surface area contributed by atoms with Crippen molar-refractivity contribution in [3.8, 4) is 0 Å². The van der Waals surface area contributed by atoms with Gasteiger partial charge in [-0.3, -0.25) is 4.18 Å². The lowest BCUT2D eigenvalue weighted by Gasteiger charge is -2.30. The third kappa shape index (κ3) is 6.24. The van der Waals surface area contributed by atoms with E-state index < -0.39 is 10.1 Å². The molecule has 1 atom stereocenters. The molecule has 1 aliphatic carbocycles. The molecule has 0 aromatic carbocycles. The van der Waals surface area contributed by atoms with Crippen LogP contribution in [0, 0.1) is 0 Å². The fourth-order valence-corrected chi connectivity index (χ4v) is 3.56. The van der Waals surface area contributed by atoms with Crippen LogP contribution >= 0.6 is 0 Å². The molecular formula is C17H26N2O6S. The molecule has 1 aliphatic heterocycles. The van der Waals surface area contributed by atoms with E-state index in [0.29, 0.717) is 32.1 Å². The van der Waals surface area contributed by atoms with Gasteiger partial charge >= 0.3 is 0 Å². The minimum Gasteiger partial charge on any atom is -0.376 e. The molecule has 3 rings (SSSR count). The molecule has 0 unspecified atom stereocenters. The van der Waals surface area contributed by atoms with Crippen molar-refractivity contribution in [3.05, 3.63) is 23.8 Å². The Balaban J connectivity index is 1.45. The van der Waals surface area contributed by atoms with E-state index in [0.717, 1.165) is 37.8 Å². The summed E-state index contributed by atoms with van der Waals surface area (Å²) in [6.07, 6.45) is 6.75. The highest BCUT2D eigenvalue weighted by Gasteiger charge is 2.26. The average Bonchev–Trinajstić information content (AvgIpc) is 2.66. The second-order valence-electron chi connectivity index (χ2n) is 6.75. The highest BCUT2D eigenvalue weighted by molar-refractivity contribution is 7.85. The number of aromatic nitrogens is 2. The van der Waals surface area contributed by atoms with E-state index in [2.05, 4.69) is 9.97 Å². The van der Waals surface area contributed by atoms with Crippen LogP contribution in [0.4, 0.5) is 0 Å². The number of rotatable bonds is 7. The molecule has 8 nitrogen and oxygen atoms in total. The summed E-state index contributed by atoms with van der Waals surface area (Å²) < 4.78 is 44.0. The van der Waals surface area contributed by atoms with Crippen LogP contribution in [0.15, 0.2) is 12.3 Å². The van der Waals surface area contributed by atoms with Gasteiger partial charge in [-0.05, 0) is 31.7 Å². The Bertz CT molecular complexity index is 670. The quantitative estimate of drug-likeness (QED) is 0.649.